The number of benzene rings is 2. The molecule has 0 radical (unpaired) electrons. The van der Waals surface area contributed by atoms with E-state index in [1.165, 1.54) is 23.5 Å². The lowest BCUT2D eigenvalue weighted by atomic mass is 10.2. The molecule has 0 unspecified atom stereocenters. The number of anilines is 1. The molecule has 0 amide bonds. The Morgan fingerprint density at radius 1 is 1.00 bits per heavy atom. The molecule has 0 atom stereocenters. The molecule has 1 fully saturated rings. The van der Waals surface area contributed by atoms with Crippen molar-refractivity contribution in [3.8, 4) is 5.75 Å². The van der Waals surface area contributed by atoms with Gasteiger partial charge in [-0.3, -0.25) is 0 Å². The van der Waals surface area contributed by atoms with Crippen molar-refractivity contribution in [2.24, 2.45) is 0 Å². The number of methoxy groups -OCH3 is 1. The number of ether oxygens (including phenoxy) is 1. The number of sulfonamides is 1. The molecule has 1 saturated heterocycles. The summed E-state index contributed by atoms with van der Waals surface area (Å²) in [5.41, 5.74) is 0.447. The summed E-state index contributed by atoms with van der Waals surface area (Å²) in [4.78, 5) is 1.60. The molecule has 1 heterocycles. The number of rotatable bonds is 4. The summed E-state index contributed by atoms with van der Waals surface area (Å²) in [6.07, 6.45) is 0. The first-order valence-electron chi connectivity index (χ1n) is 7.76. The van der Waals surface area contributed by atoms with Gasteiger partial charge in [-0.2, -0.15) is 4.31 Å². The highest BCUT2D eigenvalue weighted by Gasteiger charge is 2.31. The summed E-state index contributed by atoms with van der Waals surface area (Å²) in [5.74, 6) is -0.895. The minimum Gasteiger partial charge on any atom is -0.495 e. The van der Waals surface area contributed by atoms with Crippen molar-refractivity contribution in [1.29, 1.82) is 0 Å². The first-order valence-corrected chi connectivity index (χ1v) is 9.20. The van der Waals surface area contributed by atoms with E-state index in [2.05, 4.69) is 0 Å². The molecular weight excluding hydrogens is 350 g/mol. The van der Waals surface area contributed by atoms with Gasteiger partial charge in [0, 0.05) is 26.2 Å². The fraction of sp³-hybridized carbons (Fsp3) is 0.294. The maximum atomic E-state index is 13.9. The van der Waals surface area contributed by atoms with Gasteiger partial charge in [-0.1, -0.05) is 12.1 Å². The highest BCUT2D eigenvalue weighted by atomic mass is 32.2. The standard InChI is InChI=1S/C17H18F2N2O3S/c1-24-16-7-6-13(18)12-17(16)25(22,23)21-10-8-20(9-11-21)15-5-3-2-4-14(15)19/h2-7,12H,8-11H2,1H3. The van der Waals surface area contributed by atoms with E-state index in [0.717, 1.165) is 12.1 Å². The van der Waals surface area contributed by atoms with Gasteiger partial charge in [-0.05, 0) is 30.3 Å². The average Bonchev–Trinajstić information content (AvgIpc) is 2.62. The molecule has 0 aromatic heterocycles. The van der Waals surface area contributed by atoms with Gasteiger partial charge in [0.25, 0.3) is 0 Å². The monoisotopic (exact) mass is 368 g/mol. The Kier molecular flexibility index (Phi) is 4.91. The van der Waals surface area contributed by atoms with E-state index in [4.69, 9.17) is 4.74 Å². The molecule has 0 N–H and O–H groups in total. The Bertz CT molecular complexity index is 866. The predicted molar refractivity (Wildman–Crippen MR) is 90.3 cm³/mol. The molecule has 0 saturated carbocycles. The topological polar surface area (TPSA) is 49.9 Å². The molecule has 8 heteroatoms. The maximum Gasteiger partial charge on any atom is 0.246 e. The van der Waals surface area contributed by atoms with Crippen LogP contribution in [0.15, 0.2) is 47.4 Å². The van der Waals surface area contributed by atoms with Crippen LogP contribution in [0.1, 0.15) is 0 Å². The molecule has 1 aliphatic heterocycles. The SMILES string of the molecule is COc1ccc(F)cc1S(=O)(=O)N1CCN(c2ccccc2F)CC1. The van der Waals surface area contributed by atoms with Gasteiger partial charge in [0.05, 0.1) is 12.8 Å². The zero-order valence-corrected chi connectivity index (χ0v) is 14.5. The molecular formula is C17H18F2N2O3S. The number of para-hydroxylation sites is 1. The van der Waals surface area contributed by atoms with Gasteiger partial charge in [0.15, 0.2) is 0 Å². The van der Waals surface area contributed by atoms with Crippen molar-refractivity contribution in [1.82, 2.24) is 4.31 Å². The molecule has 3 rings (SSSR count). The summed E-state index contributed by atoms with van der Waals surface area (Å²) in [6.45, 7) is 1.04. The lowest BCUT2D eigenvalue weighted by Crippen LogP contribution is -2.49. The largest absolute Gasteiger partial charge is 0.495 e. The number of hydrogen-bond donors (Lipinski definition) is 0. The molecule has 5 nitrogen and oxygen atoms in total. The Hall–Kier alpha value is -2.19. The highest BCUT2D eigenvalue weighted by molar-refractivity contribution is 7.89. The lowest BCUT2D eigenvalue weighted by Gasteiger charge is -2.35. The van der Waals surface area contributed by atoms with Crippen LogP contribution in [-0.4, -0.2) is 46.0 Å². The normalized spacial score (nSPS) is 16.0. The van der Waals surface area contributed by atoms with Gasteiger partial charge in [0.2, 0.25) is 10.0 Å². The number of piperazine rings is 1. The van der Waals surface area contributed by atoms with Crippen LogP contribution in [0.5, 0.6) is 5.75 Å². The highest BCUT2D eigenvalue weighted by Crippen LogP contribution is 2.29. The fourth-order valence-corrected chi connectivity index (χ4v) is 4.46. The van der Waals surface area contributed by atoms with Gasteiger partial charge in [-0.25, -0.2) is 17.2 Å². The van der Waals surface area contributed by atoms with Crippen molar-refractivity contribution in [3.05, 3.63) is 54.1 Å². The maximum absolute atomic E-state index is 13.9. The first kappa shape index (κ1) is 17.6. The van der Waals surface area contributed by atoms with Crippen molar-refractivity contribution < 1.29 is 21.9 Å². The van der Waals surface area contributed by atoms with E-state index in [1.807, 2.05) is 0 Å². The summed E-state index contributed by atoms with van der Waals surface area (Å²) < 4.78 is 59.4. The van der Waals surface area contributed by atoms with Crippen LogP contribution in [-0.2, 0) is 10.0 Å². The minimum absolute atomic E-state index is 0.0953. The van der Waals surface area contributed by atoms with Crippen LogP contribution >= 0.6 is 0 Å². The molecule has 1 aliphatic rings. The van der Waals surface area contributed by atoms with Gasteiger partial charge in [0.1, 0.15) is 22.3 Å². The second-order valence-electron chi connectivity index (χ2n) is 5.64. The summed E-state index contributed by atoms with van der Waals surface area (Å²) in [6, 6.07) is 9.77. The van der Waals surface area contributed by atoms with Gasteiger partial charge >= 0.3 is 0 Å². The number of nitrogens with zero attached hydrogens (tertiary/aromatic N) is 2. The Morgan fingerprint density at radius 3 is 2.32 bits per heavy atom. The Labute approximate surface area is 145 Å². The average molecular weight is 368 g/mol. The van der Waals surface area contributed by atoms with Crippen LogP contribution in [0.25, 0.3) is 0 Å². The van der Waals surface area contributed by atoms with E-state index in [9.17, 15) is 17.2 Å². The zero-order valence-electron chi connectivity index (χ0n) is 13.7. The third-order valence-corrected chi connectivity index (χ3v) is 6.10. The van der Waals surface area contributed by atoms with E-state index in [0.29, 0.717) is 18.8 Å². The zero-order chi connectivity index (χ0) is 18.0. The molecule has 0 spiro atoms. The van der Waals surface area contributed by atoms with Gasteiger partial charge < -0.3 is 9.64 Å². The number of halogens is 2. The van der Waals surface area contributed by atoms with E-state index in [1.54, 1.807) is 23.1 Å². The van der Waals surface area contributed by atoms with E-state index < -0.39 is 15.8 Å². The predicted octanol–water partition coefficient (Wildman–Crippen LogP) is 2.48. The third-order valence-electron chi connectivity index (χ3n) is 4.18. The second kappa shape index (κ2) is 6.97. The molecule has 2 aromatic carbocycles. The quantitative estimate of drug-likeness (QED) is 0.832. The van der Waals surface area contributed by atoms with Crippen LogP contribution in [0, 0.1) is 11.6 Å². The summed E-state index contributed by atoms with van der Waals surface area (Å²) in [7, 11) is -2.56. The van der Waals surface area contributed by atoms with Crippen LogP contribution in [0.3, 0.4) is 0 Å². The van der Waals surface area contributed by atoms with Crippen LogP contribution in [0.4, 0.5) is 14.5 Å². The molecule has 134 valence electrons. The van der Waals surface area contributed by atoms with Crippen molar-refractivity contribution in [2.45, 2.75) is 4.90 Å². The summed E-state index contributed by atoms with van der Waals surface area (Å²) >= 11 is 0. The van der Waals surface area contributed by atoms with Crippen molar-refractivity contribution >= 4 is 15.7 Å². The summed E-state index contributed by atoms with van der Waals surface area (Å²) in [5, 5.41) is 0. The Morgan fingerprint density at radius 2 is 1.68 bits per heavy atom. The van der Waals surface area contributed by atoms with E-state index in [-0.39, 0.29) is 29.6 Å². The van der Waals surface area contributed by atoms with E-state index >= 15 is 0 Å². The molecule has 0 bridgehead atoms. The molecule has 0 aliphatic carbocycles. The minimum atomic E-state index is -3.90. The van der Waals surface area contributed by atoms with Crippen LogP contribution < -0.4 is 9.64 Å². The lowest BCUT2D eigenvalue weighted by molar-refractivity contribution is 0.372. The second-order valence-corrected chi connectivity index (χ2v) is 7.54. The third kappa shape index (κ3) is 3.45. The number of hydrogen-bond acceptors (Lipinski definition) is 4. The van der Waals surface area contributed by atoms with Gasteiger partial charge in [-0.15, -0.1) is 0 Å². The molecule has 25 heavy (non-hydrogen) atoms. The fourth-order valence-electron chi connectivity index (χ4n) is 2.87. The first-order chi connectivity index (χ1) is 11.9. The smallest absolute Gasteiger partial charge is 0.246 e. The van der Waals surface area contributed by atoms with Crippen LogP contribution in [0.2, 0.25) is 0 Å². The molecule has 2 aromatic rings. The Balaban J connectivity index is 1.81. The van der Waals surface area contributed by atoms with Crippen molar-refractivity contribution in [3.63, 3.8) is 0 Å². The van der Waals surface area contributed by atoms with Crippen molar-refractivity contribution in [2.75, 3.05) is 38.2 Å².